The molecule has 1 aromatic carbocycles. The molecule has 0 radical (unpaired) electrons. The Morgan fingerprint density at radius 2 is 1.92 bits per heavy atom. The lowest BCUT2D eigenvalue weighted by Crippen LogP contribution is -1.98. The number of fused-ring (bicyclic) bond motifs is 1. The Morgan fingerprint density at radius 3 is 2.62 bits per heavy atom. The predicted molar refractivity (Wildman–Crippen MR) is 59.0 cm³/mol. The normalized spacial score (nSPS) is 18.5. The third-order valence-electron chi connectivity index (χ3n) is 2.16. The molecule has 1 aromatic rings. The molecule has 0 aliphatic carbocycles. The highest BCUT2D eigenvalue weighted by molar-refractivity contribution is 5.70. The van der Waals surface area contributed by atoms with Crippen LogP contribution in [0.4, 0.5) is 5.69 Å². The standard InChI is InChI=1S/C10H11N.C2H6/c1-8-6-7-11-10-5-3-2-4-9(8)10;1-2/h2-5,7-8H,6H2,1H3;1-2H3. The van der Waals surface area contributed by atoms with Crippen molar-refractivity contribution in [2.75, 3.05) is 0 Å². The lowest BCUT2D eigenvalue weighted by atomic mass is 9.95. The van der Waals surface area contributed by atoms with E-state index in [4.69, 9.17) is 0 Å². The van der Waals surface area contributed by atoms with Crippen LogP contribution in [0.5, 0.6) is 0 Å². The Bertz CT molecular complexity index is 289. The van der Waals surface area contributed by atoms with E-state index in [-0.39, 0.29) is 0 Å². The molecule has 1 aliphatic rings. The molecule has 0 aromatic heterocycles. The molecule has 0 spiro atoms. The maximum absolute atomic E-state index is 4.32. The second kappa shape index (κ2) is 4.80. The molecule has 0 N–H and O–H groups in total. The molecule has 0 amide bonds. The van der Waals surface area contributed by atoms with Crippen molar-refractivity contribution in [3.63, 3.8) is 0 Å². The second-order valence-electron chi connectivity index (χ2n) is 3.01. The molecule has 0 bridgehead atoms. The maximum atomic E-state index is 4.32. The summed E-state index contributed by atoms with van der Waals surface area (Å²) in [5.41, 5.74) is 2.53. The van der Waals surface area contributed by atoms with Gasteiger partial charge in [0.15, 0.2) is 0 Å². The Hall–Kier alpha value is -1.11. The number of hydrogen-bond acceptors (Lipinski definition) is 1. The zero-order chi connectivity index (χ0) is 9.68. The van der Waals surface area contributed by atoms with Crippen LogP contribution < -0.4 is 0 Å². The van der Waals surface area contributed by atoms with Crippen molar-refractivity contribution < 1.29 is 0 Å². The summed E-state index contributed by atoms with van der Waals surface area (Å²) in [5, 5.41) is 0. The number of aliphatic imine (C=N–C) groups is 1. The molecule has 70 valence electrons. The van der Waals surface area contributed by atoms with E-state index in [2.05, 4.69) is 30.1 Å². The highest BCUT2D eigenvalue weighted by Crippen LogP contribution is 2.31. The van der Waals surface area contributed by atoms with Gasteiger partial charge in [0.25, 0.3) is 0 Å². The van der Waals surface area contributed by atoms with Crippen LogP contribution in [0.2, 0.25) is 0 Å². The molecular formula is C12H17N. The summed E-state index contributed by atoms with van der Waals surface area (Å²) in [4.78, 5) is 4.32. The third-order valence-corrected chi connectivity index (χ3v) is 2.16. The molecule has 1 aliphatic heterocycles. The van der Waals surface area contributed by atoms with Gasteiger partial charge in [0.2, 0.25) is 0 Å². The smallest absolute Gasteiger partial charge is 0.0660 e. The average Bonchev–Trinajstić information content (AvgIpc) is 2.22. The SMILES string of the molecule is CC.CC1CC=Nc2ccccc21. The van der Waals surface area contributed by atoms with Gasteiger partial charge in [-0.3, -0.25) is 4.99 Å². The minimum absolute atomic E-state index is 0.642. The van der Waals surface area contributed by atoms with Crippen molar-refractivity contribution >= 4 is 11.9 Å². The van der Waals surface area contributed by atoms with E-state index in [9.17, 15) is 0 Å². The van der Waals surface area contributed by atoms with E-state index in [1.165, 1.54) is 5.56 Å². The van der Waals surface area contributed by atoms with Gasteiger partial charge in [-0.05, 0) is 24.0 Å². The zero-order valence-electron chi connectivity index (χ0n) is 8.62. The van der Waals surface area contributed by atoms with Crippen molar-refractivity contribution in [3.8, 4) is 0 Å². The number of nitrogens with zero attached hydrogens (tertiary/aromatic N) is 1. The van der Waals surface area contributed by atoms with Crippen molar-refractivity contribution in [3.05, 3.63) is 29.8 Å². The van der Waals surface area contributed by atoms with Crippen molar-refractivity contribution in [1.29, 1.82) is 0 Å². The topological polar surface area (TPSA) is 12.4 Å². The maximum Gasteiger partial charge on any atom is 0.0660 e. The van der Waals surface area contributed by atoms with Crippen molar-refractivity contribution in [2.24, 2.45) is 4.99 Å². The molecule has 0 saturated heterocycles. The lowest BCUT2D eigenvalue weighted by molar-refractivity contribution is 0.802. The van der Waals surface area contributed by atoms with Gasteiger partial charge in [-0.1, -0.05) is 39.0 Å². The van der Waals surface area contributed by atoms with Crippen LogP contribution in [0.25, 0.3) is 0 Å². The first-order valence-electron chi connectivity index (χ1n) is 4.99. The van der Waals surface area contributed by atoms with E-state index in [1.54, 1.807) is 0 Å². The summed E-state index contributed by atoms with van der Waals surface area (Å²) >= 11 is 0. The van der Waals surface area contributed by atoms with Crippen LogP contribution in [0.15, 0.2) is 29.3 Å². The molecular weight excluding hydrogens is 158 g/mol. The largest absolute Gasteiger partial charge is 0.261 e. The monoisotopic (exact) mass is 175 g/mol. The third kappa shape index (κ3) is 2.18. The Kier molecular flexibility index (Phi) is 3.69. The van der Waals surface area contributed by atoms with Crippen molar-refractivity contribution in [2.45, 2.75) is 33.1 Å². The summed E-state index contributed by atoms with van der Waals surface area (Å²) in [7, 11) is 0. The Balaban J connectivity index is 0.000000396. The van der Waals surface area contributed by atoms with Gasteiger partial charge in [-0.2, -0.15) is 0 Å². The van der Waals surface area contributed by atoms with Crippen LogP contribution in [0, 0.1) is 0 Å². The molecule has 1 nitrogen and oxygen atoms in total. The Labute approximate surface area is 80.5 Å². The Morgan fingerprint density at radius 1 is 1.23 bits per heavy atom. The lowest BCUT2D eigenvalue weighted by Gasteiger charge is -2.15. The van der Waals surface area contributed by atoms with Gasteiger partial charge < -0.3 is 0 Å². The highest BCUT2D eigenvalue weighted by Gasteiger charge is 2.11. The van der Waals surface area contributed by atoms with E-state index >= 15 is 0 Å². The fourth-order valence-corrected chi connectivity index (χ4v) is 1.46. The number of benzene rings is 1. The minimum atomic E-state index is 0.642. The fourth-order valence-electron chi connectivity index (χ4n) is 1.46. The first-order valence-corrected chi connectivity index (χ1v) is 4.99. The number of hydrogen-bond donors (Lipinski definition) is 0. The predicted octanol–water partition coefficient (Wildman–Crippen LogP) is 3.92. The first kappa shape index (κ1) is 9.97. The van der Waals surface area contributed by atoms with Crippen LogP contribution in [0.1, 0.15) is 38.7 Å². The van der Waals surface area contributed by atoms with Gasteiger partial charge in [0.1, 0.15) is 0 Å². The van der Waals surface area contributed by atoms with Gasteiger partial charge in [0, 0.05) is 6.21 Å². The summed E-state index contributed by atoms with van der Waals surface area (Å²) in [6.07, 6.45) is 3.09. The van der Waals surface area contributed by atoms with Crippen LogP contribution in [0.3, 0.4) is 0 Å². The summed E-state index contributed by atoms with van der Waals surface area (Å²) in [5.74, 6) is 0.642. The van der Waals surface area contributed by atoms with Crippen molar-refractivity contribution in [1.82, 2.24) is 0 Å². The number of para-hydroxylation sites is 1. The van der Waals surface area contributed by atoms with E-state index in [1.807, 2.05) is 26.1 Å². The molecule has 1 heterocycles. The molecule has 1 atom stereocenters. The molecule has 2 rings (SSSR count). The summed E-state index contributed by atoms with van der Waals surface area (Å²) in [6.45, 7) is 6.24. The summed E-state index contributed by atoms with van der Waals surface area (Å²) < 4.78 is 0. The molecule has 1 unspecified atom stereocenters. The van der Waals surface area contributed by atoms with Gasteiger partial charge >= 0.3 is 0 Å². The van der Waals surface area contributed by atoms with Crippen LogP contribution in [-0.2, 0) is 0 Å². The number of rotatable bonds is 0. The van der Waals surface area contributed by atoms with E-state index < -0.39 is 0 Å². The zero-order valence-corrected chi connectivity index (χ0v) is 8.62. The van der Waals surface area contributed by atoms with Gasteiger partial charge in [-0.25, -0.2) is 0 Å². The van der Waals surface area contributed by atoms with Crippen LogP contribution >= 0.6 is 0 Å². The molecule has 0 fully saturated rings. The molecule has 0 saturated carbocycles. The van der Waals surface area contributed by atoms with E-state index in [0.29, 0.717) is 5.92 Å². The summed E-state index contributed by atoms with van der Waals surface area (Å²) in [6, 6.07) is 8.35. The van der Waals surface area contributed by atoms with Crippen LogP contribution in [-0.4, -0.2) is 6.21 Å². The minimum Gasteiger partial charge on any atom is -0.261 e. The van der Waals surface area contributed by atoms with Gasteiger partial charge in [0.05, 0.1) is 5.69 Å². The van der Waals surface area contributed by atoms with Gasteiger partial charge in [-0.15, -0.1) is 0 Å². The first-order chi connectivity index (χ1) is 6.38. The fraction of sp³-hybridized carbons (Fsp3) is 0.417. The second-order valence-corrected chi connectivity index (χ2v) is 3.01. The average molecular weight is 175 g/mol. The molecule has 13 heavy (non-hydrogen) atoms. The molecule has 1 heteroatoms. The van der Waals surface area contributed by atoms with E-state index in [0.717, 1.165) is 12.1 Å². The quantitative estimate of drug-likeness (QED) is 0.566. The highest BCUT2D eigenvalue weighted by atomic mass is 14.7.